The molecule has 21 heavy (non-hydrogen) atoms. The van der Waals surface area contributed by atoms with E-state index in [-0.39, 0.29) is 17.2 Å². The molecule has 0 unspecified atom stereocenters. The maximum Gasteiger partial charge on any atom is 0.416 e. The molecule has 0 fully saturated rings. The third-order valence-corrected chi connectivity index (χ3v) is 2.58. The Labute approximate surface area is 118 Å². The van der Waals surface area contributed by atoms with Gasteiger partial charge in [0, 0.05) is 6.07 Å². The van der Waals surface area contributed by atoms with Crippen molar-refractivity contribution in [2.24, 2.45) is 10.2 Å². The van der Waals surface area contributed by atoms with Crippen LogP contribution in [0.15, 0.2) is 52.7 Å². The highest BCUT2D eigenvalue weighted by Gasteiger charge is 2.31. The molecule has 0 heterocycles. The molecule has 0 aliphatic heterocycles. The summed E-state index contributed by atoms with van der Waals surface area (Å²) in [5, 5.41) is 16.7. The zero-order valence-corrected chi connectivity index (χ0v) is 10.9. The first-order valence-corrected chi connectivity index (χ1v) is 5.85. The zero-order chi connectivity index (χ0) is 15.5. The molecule has 0 aliphatic rings. The minimum Gasteiger partial charge on any atom is -0.508 e. The molecular formula is C14H11F3N2O2. The molecule has 0 aromatic heterocycles. The third-order valence-electron chi connectivity index (χ3n) is 2.58. The number of alkyl halides is 3. The molecule has 0 bridgehead atoms. The van der Waals surface area contributed by atoms with Gasteiger partial charge in [-0.1, -0.05) is 0 Å². The number of azo groups is 1. The van der Waals surface area contributed by atoms with Crippen molar-refractivity contribution in [3.63, 3.8) is 0 Å². The van der Waals surface area contributed by atoms with E-state index in [9.17, 15) is 13.2 Å². The average molecular weight is 296 g/mol. The Bertz CT molecular complexity index is 652. The predicted molar refractivity (Wildman–Crippen MR) is 70.3 cm³/mol. The van der Waals surface area contributed by atoms with E-state index >= 15 is 0 Å². The first kappa shape index (κ1) is 14.8. The van der Waals surface area contributed by atoms with Gasteiger partial charge in [-0.05, 0) is 36.4 Å². The Hall–Kier alpha value is -2.57. The van der Waals surface area contributed by atoms with E-state index in [0.717, 1.165) is 12.1 Å². The number of hydrogen-bond donors (Lipinski definition) is 1. The van der Waals surface area contributed by atoms with Crippen LogP contribution in [0.4, 0.5) is 24.5 Å². The van der Waals surface area contributed by atoms with Gasteiger partial charge in [0.05, 0.1) is 24.0 Å². The molecule has 4 nitrogen and oxygen atoms in total. The minimum atomic E-state index is -4.49. The highest BCUT2D eigenvalue weighted by molar-refractivity contribution is 5.48. The fourth-order valence-corrected chi connectivity index (χ4v) is 1.56. The summed E-state index contributed by atoms with van der Waals surface area (Å²) in [7, 11) is 1.27. The van der Waals surface area contributed by atoms with E-state index in [0.29, 0.717) is 5.69 Å². The third kappa shape index (κ3) is 3.95. The maximum atomic E-state index is 12.7. The topological polar surface area (TPSA) is 54.2 Å². The van der Waals surface area contributed by atoms with Crippen LogP contribution in [0.1, 0.15) is 5.56 Å². The molecule has 1 N–H and O–H groups in total. The highest BCUT2D eigenvalue weighted by Crippen LogP contribution is 2.35. The Morgan fingerprint density at radius 1 is 0.952 bits per heavy atom. The average Bonchev–Trinajstić information content (AvgIpc) is 2.45. The summed E-state index contributed by atoms with van der Waals surface area (Å²) >= 11 is 0. The quantitative estimate of drug-likeness (QED) is 0.824. The highest BCUT2D eigenvalue weighted by atomic mass is 19.4. The van der Waals surface area contributed by atoms with Crippen LogP contribution in [0.25, 0.3) is 0 Å². The Balaban J connectivity index is 2.32. The molecular weight excluding hydrogens is 285 g/mol. The number of phenolic OH excluding ortho intramolecular Hbond substituents is 1. The van der Waals surface area contributed by atoms with Gasteiger partial charge < -0.3 is 9.84 Å². The number of nitrogens with zero attached hydrogens (tertiary/aromatic N) is 2. The Morgan fingerprint density at radius 3 is 2.14 bits per heavy atom. The standard InChI is InChI=1S/C14H11F3N2O2/c1-21-13-7-9(14(15,16)17)6-11(8-13)19-18-10-2-4-12(20)5-3-10/h2-8,20H,1H3/b19-18+. The fourth-order valence-electron chi connectivity index (χ4n) is 1.56. The molecule has 0 saturated carbocycles. The number of aromatic hydroxyl groups is 1. The van der Waals surface area contributed by atoms with Crippen molar-refractivity contribution in [2.75, 3.05) is 7.11 Å². The normalized spacial score (nSPS) is 11.8. The molecule has 0 saturated heterocycles. The largest absolute Gasteiger partial charge is 0.508 e. The molecule has 2 rings (SSSR count). The van der Waals surface area contributed by atoms with Crippen LogP contribution < -0.4 is 4.74 Å². The van der Waals surface area contributed by atoms with Gasteiger partial charge in [-0.25, -0.2) is 0 Å². The van der Waals surface area contributed by atoms with Crippen LogP contribution in [-0.2, 0) is 6.18 Å². The number of hydrogen-bond acceptors (Lipinski definition) is 4. The lowest BCUT2D eigenvalue weighted by molar-refractivity contribution is -0.137. The Morgan fingerprint density at radius 2 is 1.57 bits per heavy atom. The summed E-state index contributed by atoms with van der Waals surface area (Å²) in [6.45, 7) is 0. The smallest absolute Gasteiger partial charge is 0.416 e. The van der Waals surface area contributed by atoms with Gasteiger partial charge in [0.1, 0.15) is 11.5 Å². The second kappa shape index (κ2) is 5.82. The van der Waals surface area contributed by atoms with Crippen LogP contribution in [0.3, 0.4) is 0 Å². The van der Waals surface area contributed by atoms with E-state index in [1.807, 2.05) is 0 Å². The van der Waals surface area contributed by atoms with Crippen molar-refractivity contribution in [3.05, 3.63) is 48.0 Å². The lowest BCUT2D eigenvalue weighted by Crippen LogP contribution is -2.04. The molecule has 7 heteroatoms. The fraction of sp³-hybridized carbons (Fsp3) is 0.143. The lowest BCUT2D eigenvalue weighted by atomic mass is 10.2. The number of benzene rings is 2. The number of phenols is 1. The van der Waals surface area contributed by atoms with E-state index in [4.69, 9.17) is 9.84 Å². The van der Waals surface area contributed by atoms with Crippen molar-refractivity contribution in [1.29, 1.82) is 0 Å². The summed E-state index contributed by atoms with van der Waals surface area (Å²) in [5.74, 6) is 0.110. The van der Waals surface area contributed by atoms with E-state index < -0.39 is 11.7 Å². The molecule has 2 aromatic rings. The number of ether oxygens (including phenoxy) is 1. The van der Waals surface area contributed by atoms with Crippen LogP contribution in [0, 0.1) is 0 Å². The van der Waals surface area contributed by atoms with Gasteiger partial charge in [0.25, 0.3) is 0 Å². The second-order valence-corrected chi connectivity index (χ2v) is 4.13. The van der Waals surface area contributed by atoms with Crippen molar-refractivity contribution < 1.29 is 23.0 Å². The lowest BCUT2D eigenvalue weighted by Gasteiger charge is -2.09. The minimum absolute atomic E-state index is 0.0229. The van der Waals surface area contributed by atoms with Gasteiger partial charge in [0.2, 0.25) is 0 Å². The molecule has 2 aromatic carbocycles. The van der Waals surface area contributed by atoms with Gasteiger partial charge in [-0.2, -0.15) is 23.4 Å². The Kier molecular flexibility index (Phi) is 4.11. The van der Waals surface area contributed by atoms with E-state index in [1.54, 1.807) is 0 Å². The van der Waals surface area contributed by atoms with Crippen molar-refractivity contribution in [3.8, 4) is 11.5 Å². The molecule has 110 valence electrons. The first-order chi connectivity index (χ1) is 9.88. The molecule has 0 spiro atoms. The van der Waals surface area contributed by atoms with Crippen LogP contribution in [0.2, 0.25) is 0 Å². The zero-order valence-electron chi connectivity index (χ0n) is 10.9. The summed E-state index contributed by atoms with van der Waals surface area (Å²) in [6, 6.07) is 8.90. The van der Waals surface area contributed by atoms with Gasteiger partial charge in [-0.15, -0.1) is 0 Å². The summed E-state index contributed by atoms with van der Waals surface area (Å²) in [6.07, 6.45) is -4.49. The van der Waals surface area contributed by atoms with Gasteiger partial charge in [-0.3, -0.25) is 0 Å². The predicted octanol–water partition coefficient (Wildman–Crippen LogP) is 4.84. The van der Waals surface area contributed by atoms with Crippen LogP contribution in [0.5, 0.6) is 11.5 Å². The van der Waals surface area contributed by atoms with Crippen LogP contribution in [-0.4, -0.2) is 12.2 Å². The SMILES string of the molecule is COc1cc(/N=N/c2ccc(O)cc2)cc(C(F)(F)F)c1. The molecule has 0 radical (unpaired) electrons. The van der Waals surface area contributed by atoms with E-state index in [2.05, 4.69) is 10.2 Å². The van der Waals surface area contributed by atoms with Crippen LogP contribution >= 0.6 is 0 Å². The first-order valence-electron chi connectivity index (χ1n) is 5.85. The van der Waals surface area contributed by atoms with Gasteiger partial charge >= 0.3 is 6.18 Å². The van der Waals surface area contributed by atoms with E-state index in [1.165, 1.54) is 37.4 Å². The van der Waals surface area contributed by atoms with Crippen molar-refractivity contribution >= 4 is 11.4 Å². The monoisotopic (exact) mass is 296 g/mol. The number of halogens is 3. The van der Waals surface area contributed by atoms with Crippen molar-refractivity contribution in [1.82, 2.24) is 0 Å². The second-order valence-electron chi connectivity index (χ2n) is 4.13. The number of methoxy groups -OCH3 is 1. The number of rotatable bonds is 3. The van der Waals surface area contributed by atoms with Crippen molar-refractivity contribution in [2.45, 2.75) is 6.18 Å². The molecule has 0 amide bonds. The molecule has 0 aliphatic carbocycles. The van der Waals surface area contributed by atoms with Gasteiger partial charge in [0.15, 0.2) is 0 Å². The molecule has 0 atom stereocenters. The summed E-state index contributed by atoms with van der Waals surface area (Å²) < 4.78 is 43.0. The summed E-state index contributed by atoms with van der Waals surface area (Å²) in [4.78, 5) is 0. The maximum absolute atomic E-state index is 12.7. The summed E-state index contributed by atoms with van der Waals surface area (Å²) in [5.41, 5.74) is -0.430.